The van der Waals surface area contributed by atoms with Crippen molar-refractivity contribution in [3.8, 4) is 11.5 Å². The van der Waals surface area contributed by atoms with Gasteiger partial charge >= 0.3 is 6.61 Å². The Hall–Kier alpha value is -3.04. The summed E-state index contributed by atoms with van der Waals surface area (Å²) in [5.41, 5.74) is 1.66. The molecule has 1 amide bonds. The summed E-state index contributed by atoms with van der Waals surface area (Å²) < 4.78 is 34.8. The zero-order chi connectivity index (χ0) is 22.2. The van der Waals surface area contributed by atoms with E-state index in [1.807, 2.05) is 35.7 Å². The molecule has 0 aliphatic rings. The number of nitrogens with zero attached hydrogens (tertiary/aromatic N) is 2. The molecular formula is C22H23F2N3O3S. The molecule has 1 atom stereocenters. The molecule has 0 saturated heterocycles. The third-order valence-corrected chi connectivity index (χ3v) is 5.29. The van der Waals surface area contributed by atoms with Crippen molar-refractivity contribution in [2.45, 2.75) is 19.2 Å². The molecule has 6 nitrogen and oxygen atoms in total. The van der Waals surface area contributed by atoms with Gasteiger partial charge in [-0.15, -0.1) is 11.3 Å². The molecule has 0 bridgehead atoms. The van der Waals surface area contributed by atoms with Gasteiger partial charge in [0.25, 0.3) is 0 Å². The van der Waals surface area contributed by atoms with E-state index < -0.39 is 6.61 Å². The largest absolute Gasteiger partial charge is 0.493 e. The molecule has 0 aliphatic carbocycles. The van der Waals surface area contributed by atoms with Crippen molar-refractivity contribution < 1.29 is 23.0 Å². The lowest BCUT2D eigenvalue weighted by Crippen LogP contribution is -2.37. The van der Waals surface area contributed by atoms with Gasteiger partial charge in [0.05, 0.1) is 13.7 Å². The zero-order valence-corrected chi connectivity index (χ0v) is 17.9. The van der Waals surface area contributed by atoms with E-state index in [9.17, 15) is 13.6 Å². The maximum Gasteiger partial charge on any atom is 0.387 e. The Labute approximate surface area is 183 Å². The molecule has 0 saturated carbocycles. The Balaban J connectivity index is 1.65. The summed E-state index contributed by atoms with van der Waals surface area (Å²) in [6, 6.07) is 14.1. The molecule has 0 aliphatic heterocycles. The standard InChI is InChI=1S/C22H23F2N3O3S/c1-27(13-15-8-9-17(29-2)18(12-15)30-22(23)24)14-19(28)26-20(21-25-10-11-31-21)16-6-4-3-5-7-16/h3-12,20,22H,13-14H2,1-2H3,(H,26,28). The fraction of sp³-hybridized carbons (Fsp3) is 0.273. The van der Waals surface area contributed by atoms with Crippen molar-refractivity contribution in [2.24, 2.45) is 0 Å². The van der Waals surface area contributed by atoms with Crippen LogP contribution in [0.25, 0.3) is 0 Å². The van der Waals surface area contributed by atoms with Gasteiger partial charge in [0.15, 0.2) is 11.5 Å². The molecule has 1 aromatic heterocycles. The van der Waals surface area contributed by atoms with Gasteiger partial charge in [0, 0.05) is 18.1 Å². The van der Waals surface area contributed by atoms with Crippen LogP contribution in [0.2, 0.25) is 0 Å². The number of halogens is 2. The predicted molar refractivity (Wildman–Crippen MR) is 115 cm³/mol. The number of ether oxygens (including phenoxy) is 2. The summed E-state index contributed by atoms with van der Waals surface area (Å²) in [5, 5.41) is 5.70. The summed E-state index contributed by atoms with van der Waals surface area (Å²) in [6.45, 7) is -2.47. The van der Waals surface area contributed by atoms with Crippen LogP contribution in [0.1, 0.15) is 22.2 Å². The van der Waals surface area contributed by atoms with Crippen molar-refractivity contribution >= 4 is 17.2 Å². The Bertz CT molecular complexity index is 971. The molecular weight excluding hydrogens is 424 g/mol. The van der Waals surface area contributed by atoms with Crippen molar-refractivity contribution in [3.05, 3.63) is 76.2 Å². The highest BCUT2D eigenvalue weighted by Gasteiger charge is 2.20. The molecule has 9 heteroatoms. The smallest absolute Gasteiger partial charge is 0.387 e. The number of carbonyl (C=O) groups is 1. The van der Waals surface area contributed by atoms with E-state index in [4.69, 9.17) is 4.74 Å². The highest BCUT2D eigenvalue weighted by Crippen LogP contribution is 2.30. The van der Waals surface area contributed by atoms with E-state index in [0.717, 1.165) is 10.6 Å². The van der Waals surface area contributed by atoms with E-state index in [2.05, 4.69) is 15.0 Å². The zero-order valence-electron chi connectivity index (χ0n) is 17.1. The highest BCUT2D eigenvalue weighted by atomic mass is 32.1. The van der Waals surface area contributed by atoms with Crippen LogP contribution in [0.4, 0.5) is 8.78 Å². The van der Waals surface area contributed by atoms with E-state index >= 15 is 0 Å². The fourth-order valence-corrected chi connectivity index (χ4v) is 3.85. The summed E-state index contributed by atoms with van der Waals surface area (Å²) in [7, 11) is 3.16. The van der Waals surface area contributed by atoms with E-state index in [-0.39, 0.29) is 30.0 Å². The van der Waals surface area contributed by atoms with Gasteiger partial charge in [0.2, 0.25) is 5.91 Å². The first-order valence-corrected chi connectivity index (χ1v) is 10.4. The molecule has 164 valence electrons. The molecule has 0 fully saturated rings. The second-order valence-corrected chi connectivity index (χ2v) is 7.74. The predicted octanol–water partition coefficient (Wildman–Crippen LogP) is 4.09. The Morgan fingerprint density at radius 3 is 2.61 bits per heavy atom. The minimum Gasteiger partial charge on any atom is -0.493 e. The second-order valence-electron chi connectivity index (χ2n) is 6.82. The lowest BCUT2D eigenvalue weighted by atomic mass is 10.1. The number of hydrogen-bond donors (Lipinski definition) is 1. The minimum atomic E-state index is -2.95. The van der Waals surface area contributed by atoms with Gasteiger partial charge in [-0.05, 0) is 30.3 Å². The van der Waals surface area contributed by atoms with Crippen LogP contribution >= 0.6 is 11.3 Å². The maximum absolute atomic E-state index is 12.7. The Morgan fingerprint density at radius 1 is 1.19 bits per heavy atom. The van der Waals surface area contributed by atoms with Gasteiger partial charge in [0.1, 0.15) is 11.0 Å². The summed E-state index contributed by atoms with van der Waals surface area (Å²) >= 11 is 1.47. The van der Waals surface area contributed by atoms with Gasteiger partial charge in [-0.1, -0.05) is 36.4 Å². The maximum atomic E-state index is 12.7. The molecule has 0 radical (unpaired) electrons. The number of alkyl halides is 2. The minimum absolute atomic E-state index is 0.0410. The van der Waals surface area contributed by atoms with Crippen LogP contribution in [-0.4, -0.2) is 43.1 Å². The third-order valence-electron chi connectivity index (χ3n) is 4.45. The van der Waals surface area contributed by atoms with Crippen molar-refractivity contribution in [1.29, 1.82) is 0 Å². The highest BCUT2D eigenvalue weighted by molar-refractivity contribution is 7.09. The van der Waals surface area contributed by atoms with Crippen LogP contribution in [0, 0.1) is 0 Å². The number of rotatable bonds is 10. The van der Waals surface area contributed by atoms with Crippen LogP contribution in [-0.2, 0) is 11.3 Å². The molecule has 3 aromatic rings. The number of nitrogens with one attached hydrogen (secondary N) is 1. The van der Waals surface area contributed by atoms with Crippen LogP contribution in [0.3, 0.4) is 0 Å². The fourth-order valence-electron chi connectivity index (χ4n) is 3.14. The summed E-state index contributed by atoms with van der Waals surface area (Å²) in [5.74, 6) is 0.00322. The first-order valence-electron chi connectivity index (χ1n) is 9.50. The molecule has 2 aromatic carbocycles. The monoisotopic (exact) mass is 447 g/mol. The summed E-state index contributed by atoms with van der Waals surface area (Å²) in [4.78, 5) is 18.8. The van der Waals surface area contributed by atoms with E-state index in [1.165, 1.54) is 24.5 Å². The number of amides is 1. The Morgan fingerprint density at radius 2 is 1.97 bits per heavy atom. The van der Waals surface area contributed by atoms with E-state index in [0.29, 0.717) is 12.1 Å². The quantitative estimate of drug-likeness (QED) is 0.507. The second kappa shape index (κ2) is 10.8. The number of methoxy groups -OCH3 is 1. The molecule has 31 heavy (non-hydrogen) atoms. The number of benzene rings is 2. The number of hydrogen-bond acceptors (Lipinski definition) is 6. The van der Waals surface area contributed by atoms with Gasteiger partial charge in [-0.3, -0.25) is 9.69 Å². The lowest BCUT2D eigenvalue weighted by molar-refractivity contribution is -0.122. The average Bonchev–Trinajstić information content (AvgIpc) is 3.27. The summed E-state index contributed by atoms with van der Waals surface area (Å²) in [6.07, 6.45) is 1.71. The molecule has 1 heterocycles. The van der Waals surface area contributed by atoms with Crippen LogP contribution in [0.15, 0.2) is 60.1 Å². The Kier molecular flexibility index (Phi) is 7.91. The number of carbonyl (C=O) groups excluding carboxylic acids is 1. The first-order chi connectivity index (χ1) is 15.0. The molecule has 3 rings (SSSR count). The van der Waals surface area contributed by atoms with Gasteiger partial charge in [-0.2, -0.15) is 8.78 Å². The number of aromatic nitrogens is 1. The van der Waals surface area contributed by atoms with Crippen LogP contribution in [0.5, 0.6) is 11.5 Å². The van der Waals surface area contributed by atoms with Gasteiger partial charge < -0.3 is 14.8 Å². The molecule has 0 spiro atoms. The van der Waals surface area contributed by atoms with E-state index in [1.54, 1.807) is 30.3 Å². The van der Waals surface area contributed by atoms with Crippen molar-refractivity contribution in [3.63, 3.8) is 0 Å². The first kappa shape index (κ1) is 22.6. The number of likely N-dealkylation sites (N-methyl/N-ethyl adjacent to an activating group) is 1. The molecule has 1 N–H and O–H groups in total. The normalized spacial score (nSPS) is 12.1. The topological polar surface area (TPSA) is 63.7 Å². The average molecular weight is 448 g/mol. The van der Waals surface area contributed by atoms with Gasteiger partial charge in [-0.25, -0.2) is 4.98 Å². The third kappa shape index (κ3) is 6.47. The lowest BCUT2D eigenvalue weighted by Gasteiger charge is -2.21. The SMILES string of the molecule is COc1ccc(CN(C)CC(=O)NC(c2ccccc2)c2nccs2)cc1OC(F)F. The molecule has 1 unspecified atom stereocenters. The van der Waals surface area contributed by atoms with Crippen molar-refractivity contribution in [2.75, 3.05) is 20.7 Å². The van der Waals surface area contributed by atoms with Crippen LogP contribution < -0.4 is 14.8 Å². The van der Waals surface area contributed by atoms with Crippen molar-refractivity contribution in [1.82, 2.24) is 15.2 Å². The number of thiazole rings is 1.